The van der Waals surface area contributed by atoms with Gasteiger partial charge in [0.2, 0.25) is 5.91 Å². The predicted octanol–water partition coefficient (Wildman–Crippen LogP) is 5.85. The van der Waals surface area contributed by atoms with Crippen LogP contribution in [0.15, 0.2) is 53.7 Å². The normalized spacial score (nSPS) is 27.3. The number of oxime groups is 1. The summed E-state index contributed by atoms with van der Waals surface area (Å²) >= 11 is 6.07. The first-order chi connectivity index (χ1) is 14.6. The van der Waals surface area contributed by atoms with Crippen molar-refractivity contribution in [3.8, 4) is 0 Å². The second kappa shape index (κ2) is 7.45. The summed E-state index contributed by atoms with van der Waals surface area (Å²) in [6.45, 7) is 6.18. The largest absolute Gasteiger partial charge is 0.367 e. The zero-order valence-corrected chi connectivity index (χ0v) is 18.4. The molecule has 2 fully saturated rings. The number of benzene rings is 2. The molecule has 0 radical (unpaired) electrons. The minimum Gasteiger partial charge on any atom is -0.326 e. The van der Waals surface area contributed by atoms with E-state index in [1.165, 1.54) is 12.1 Å². The van der Waals surface area contributed by atoms with Crippen LogP contribution in [0.3, 0.4) is 0 Å². The van der Waals surface area contributed by atoms with Gasteiger partial charge < -0.3 is 10.2 Å². The summed E-state index contributed by atoms with van der Waals surface area (Å²) in [4.78, 5) is 31.1. The summed E-state index contributed by atoms with van der Waals surface area (Å²) in [7, 11) is 0. The van der Waals surface area contributed by atoms with Crippen molar-refractivity contribution in [2.75, 3.05) is 5.32 Å². The van der Waals surface area contributed by atoms with E-state index in [-0.39, 0.29) is 17.3 Å². The Labute approximate surface area is 185 Å². The monoisotopic (exact) mass is 442 g/mol. The summed E-state index contributed by atoms with van der Waals surface area (Å²) in [6.07, 6.45) is 1.83. The number of amides is 1. The first-order valence-corrected chi connectivity index (χ1v) is 10.6. The Hall–Kier alpha value is -2.73. The Morgan fingerprint density at radius 2 is 1.74 bits per heavy atom. The van der Waals surface area contributed by atoms with E-state index in [1.807, 2.05) is 0 Å². The SMILES string of the molecule is CC12CCC(C(=O)Nc3ccc(F)cc3)(C/C1=N\OC(=O)c1ccccc1Cl)C2(C)C. The molecule has 0 heterocycles. The number of anilines is 1. The number of rotatable bonds is 4. The van der Waals surface area contributed by atoms with Crippen LogP contribution in [0, 0.1) is 22.1 Å². The van der Waals surface area contributed by atoms with Crippen molar-refractivity contribution in [3.05, 3.63) is 64.9 Å². The van der Waals surface area contributed by atoms with Crippen LogP contribution in [-0.2, 0) is 9.63 Å². The van der Waals surface area contributed by atoms with E-state index in [2.05, 4.69) is 31.2 Å². The molecule has 2 unspecified atom stereocenters. The number of nitrogens with zero attached hydrogens (tertiary/aromatic N) is 1. The first kappa shape index (κ1) is 21.5. The average Bonchev–Trinajstić information content (AvgIpc) is 3.04. The van der Waals surface area contributed by atoms with E-state index in [0.29, 0.717) is 29.3 Å². The average molecular weight is 443 g/mol. The maximum atomic E-state index is 13.4. The summed E-state index contributed by atoms with van der Waals surface area (Å²) in [5, 5.41) is 7.44. The van der Waals surface area contributed by atoms with Gasteiger partial charge >= 0.3 is 5.97 Å². The maximum Gasteiger partial charge on any atom is 0.367 e. The number of halogens is 2. The van der Waals surface area contributed by atoms with E-state index in [1.54, 1.807) is 36.4 Å². The molecule has 162 valence electrons. The molecule has 1 amide bonds. The molecule has 2 aliphatic rings. The van der Waals surface area contributed by atoms with Crippen LogP contribution in [0.2, 0.25) is 5.02 Å². The molecule has 2 saturated carbocycles. The molecule has 2 aromatic carbocycles. The van der Waals surface area contributed by atoms with Gasteiger partial charge in [-0.25, -0.2) is 9.18 Å². The first-order valence-electron chi connectivity index (χ1n) is 10.2. The Morgan fingerprint density at radius 3 is 2.42 bits per heavy atom. The standard InChI is InChI=1S/C24H24ClFN2O3/c1-22(2)23(3)12-13-24(22,21(30)27-16-10-8-15(26)9-11-16)14-19(23)28-31-20(29)17-6-4-5-7-18(17)25/h4-11H,12-14H2,1-3H3,(H,27,30)/b28-19+. The number of fused-ring (bicyclic) bond motifs is 2. The van der Waals surface area contributed by atoms with Crippen molar-refractivity contribution >= 4 is 34.9 Å². The highest BCUT2D eigenvalue weighted by Crippen LogP contribution is 2.71. The molecule has 0 aliphatic heterocycles. The minimum absolute atomic E-state index is 0.129. The summed E-state index contributed by atoms with van der Waals surface area (Å²) < 4.78 is 13.2. The van der Waals surface area contributed by atoms with Crippen molar-refractivity contribution in [1.82, 2.24) is 0 Å². The van der Waals surface area contributed by atoms with Crippen LogP contribution >= 0.6 is 11.6 Å². The van der Waals surface area contributed by atoms with Crippen LogP contribution in [0.25, 0.3) is 0 Å². The third kappa shape index (κ3) is 3.24. The van der Waals surface area contributed by atoms with E-state index >= 15 is 0 Å². The number of hydrogen-bond donors (Lipinski definition) is 1. The molecule has 2 bridgehead atoms. The lowest BCUT2D eigenvalue weighted by molar-refractivity contribution is -0.130. The van der Waals surface area contributed by atoms with Gasteiger partial charge in [0.25, 0.3) is 0 Å². The Kier molecular flexibility index (Phi) is 5.16. The van der Waals surface area contributed by atoms with Crippen LogP contribution < -0.4 is 5.32 Å². The second-order valence-electron chi connectivity index (χ2n) is 9.07. The lowest BCUT2D eigenvalue weighted by Gasteiger charge is -2.39. The minimum atomic E-state index is -0.703. The van der Waals surface area contributed by atoms with Gasteiger partial charge in [0.05, 0.1) is 21.7 Å². The molecule has 2 aromatic rings. The topological polar surface area (TPSA) is 67.8 Å². The summed E-state index contributed by atoms with van der Waals surface area (Å²) in [5.41, 5.74) is -0.0386. The Bertz CT molecular complexity index is 1080. The van der Waals surface area contributed by atoms with Crippen molar-refractivity contribution in [3.63, 3.8) is 0 Å². The number of nitrogens with one attached hydrogen (secondary N) is 1. The Balaban J connectivity index is 1.59. The fourth-order valence-corrected chi connectivity index (χ4v) is 5.29. The second-order valence-corrected chi connectivity index (χ2v) is 9.48. The molecular weight excluding hydrogens is 419 g/mol. The number of carbonyl (C=O) groups excluding carboxylic acids is 2. The molecule has 0 spiro atoms. The third-order valence-corrected chi connectivity index (χ3v) is 7.93. The van der Waals surface area contributed by atoms with E-state index < -0.39 is 22.2 Å². The fraction of sp³-hybridized carbons (Fsp3) is 0.375. The molecule has 5 nitrogen and oxygen atoms in total. The van der Waals surface area contributed by atoms with Crippen LogP contribution in [-0.4, -0.2) is 17.6 Å². The van der Waals surface area contributed by atoms with Crippen molar-refractivity contribution in [2.45, 2.75) is 40.0 Å². The van der Waals surface area contributed by atoms with Gasteiger partial charge in [-0.2, -0.15) is 0 Å². The van der Waals surface area contributed by atoms with Gasteiger partial charge in [-0.3, -0.25) is 4.79 Å². The van der Waals surface area contributed by atoms with E-state index in [9.17, 15) is 14.0 Å². The zero-order valence-electron chi connectivity index (χ0n) is 17.7. The molecule has 4 rings (SSSR count). The zero-order chi connectivity index (χ0) is 22.4. The van der Waals surface area contributed by atoms with Gasteiger partial charge in [-0.15, -0.1) is 0 Å². The number of carbonyl (C=O) groups is 2. The van der Waals surface area contributed by atoms with Crippen LogP contribution in [0.1, 0.15) is 50.4 Å². The number of hydrogen-bond acceptors (Lipinski definition) is 4. The Morgan fingerprint density at radius 1 is 1.06 bits per heavy atom. The molecular formula is C24H24ClFN2O3. The molecule has 0 aromatic heterocycles. The highest BCUT2D eigenvalue weighted by Gasteiger charge is 2.71. The predicted molar refractivity (Wildman–Crippen MR) is 118 cm³/mol. The van der Waals surface area contributed by atoms with Crippen molar-refractivity contribution in [2.24, 2.45) is 21.4 Å². The fourth-order valence-electron chi connectivity index (χ4n) is 5.08. The highest BCUT2D eigenvalue weighted by molar-refractivity contribution is 6.33. The van der Waals surface area contributed by atoms with Crippen molar-refractivity contribution in [1.29, 1.82) is 0 Å². The van der Waals surface area contributed by atoms with Gasteiger partial charge in [0.1, 0.15) is 5.82 Å². The maximum absolute atomic E-state index is 13.4. The van der Waals surface area contributed by atoms with Gasteiger partial charge in [0, 0.05) is 17.5 Å². The van der Waals surface area contributed by atoms with Crippen molar-refractivity contribution < 1.29 is 18.8 Å². The molecule has 2 atom stereocenters. The highest BCUT2D eigenvalue weighted by atomic mass is 35.5. The molecule has 0 saturated heterocycles. The smallest absolute Gasteiger partial charge is 0.326 e. The van der Waals surface area contributed by atoms with E-state index in [4.69, 9.17) is 16.4 Å². The summed E-state index contributed by atoms with van der Waals surface area (Å²) in [6, 6.07) is 12.3. The van der Waals surface area contributed by atoms with Crippen LogP contribution in [0.4, 0.5) is 10.1 Å². The third-order valence-electron chi connectivity index (χ3n) is 7.60. The van der Waals surface area contributed by atoms with Gasteiger partial charge in [-0.05, 0) is 54.7 Å². The molecule has 1 N–H and O–H groups in total. The quantitative estimate of drug-likeness (QED) is 0.477. The van der Waals surface area contributed by atoms with Crippen LogP contribution in [0.5, 0.6) is 0 Å². The molecule has 7 heteroatoms. The summed E-state index contributed by atoms with van der Waals surface area (Å²) in [5.74, 6) is -1.12. The van der Waals surface area contributed by atoms with Gasteiger partial charge in [0.15, 0.2) is 0 Å². The molecule has 2 aliphatic carbocycles. The van der Waals surface area contributed by atoms with E-state index in [0.717, 1.165) is 6.42 Å². The lowest BCUT2D eigenvalue weighted by atomic mass is 9.64. The molecule has 31 heavy (non-hydrogen) atoms. The van der Waals surface area contributed by atoms with Gasteiger partial charge in [-0.1, -0.05) is 49.7 Å². The lowest BCUT2D eigenvalue weighted by Crippen LogP contribution is -2.43.